The Kier molecular flexibility index (Phi) is 13.9. The lowest BCUT2D eigenvalue weighted by Crippen LogP contribution is -2.61. The van der Waals surface area contributed by atoms with Crippen LogP contribution >= 0.6 is 12.3 Å². The third-order valence-corrected chi connectivity index (χ3v) is 8.12. The Morgan fingerprint density at radius 2 is 1.12 bits per heavy atom. The standard InChI is InChI=1S/C15H28O23S5/c1-6-11(35-42(23,24)25)8(3)31-9(4-29-40(17,18)19)12(6)33-15-14(36-43(26,27)28)7(2)13(34-39-38-37-16)10(32-15)5-30-41(20,21)22/h6-16H,4-5H2,1-3H3,(H,17,18,19)(H,20,21,22)(H,23,24,25)(H,26,27,28)/p-5/t6-,7+,8+,9?,10?,11?,12-,13-,14?,15+/m1/s1. The van der Waals surface area contributed by atoms with Crippen molar-refractivity contribution in [2.45, 2.75) is 69.8 Å². The maximum Gasteiger partial charge on any atom is 0.218 e. The lowest BCUT2D eigenvalue weighted by Gasteiger charge is -2.49. The predicted octanol–water partition coefficient (Wildman–Crippen LogP) is -4.03. The van der Waals surface area contributed by atoms with Crippen LogP contribution in [0.1, 0.15) is 20.8 Å². The summed E-state index contributed by atoms with van der Waals surface area (Å²) in [6.07, 6.45) is -13.9. The van der Waals surface area contributed by atoms with Gasteiger partial charge in [0.05, 0.1) is 25.4 Å². The molecule has 2 aliphatic heterocycles. The minimum absolute atomic E-state index is 0.175. The average molecular weight is 732 g/mol. The second-order valence-corrected chi connectivity index (χ2v) is 13.4. The van der Waals surface area contributed by atoms with Crippen LogP contribution < -0.4 is 5.26 Å². The summed E-state index contributed by atoms with van der Waals surface area (Å²) in [4.78, 5) is 0. The van der Waals surface area contributed by atoms with Crippen LogP contribution in [0.5, 0.6) is 0 Å². The molecule has 28 heteroatoms. The van der Waals surface area contributed by atoms with Crippen LogP contribution in [0, 0.1) is 11.8 Å². The molecule has 23 nitrogen and oxygen atoms in total. The van der Waals surface area contributed by atoms with Crippen molar-refractivity contribution in [1.29, 1.82) is 0 Å². The molecule has 4 unspecified atom stereocenters. The van der Waals surface area contributed by atoms with Crippen LogP contribution in [0.4, 0.5) is 0 Å². The first kappa shape index (κ1) is 38.7. The Balaban J connectivity index is 2.52. The number of ether oxygens (including phenoxy) is 3. The second kappa shape index (κ2) is 15.4. The van der Waals surface area contributed by atoms with Crippen LogP contribution in [-0.2, 0) is 86.1 Å². The van der Waals surface area contributed by atoms with E-state index < -0.39 is 116 Å². The van der Waals surface area contributed by atoms with Crippen molar-refractivity contribution < 1.29 is 102 Å². The van der Waals surface area contributed by atoms with E-state index in [1.807, 2.05) is 0 Å². The average Bonchev–Trinajstić information content (AvgIpc) is 2.82. The van der Waals surface area contributed by atoms with E-state index >= 15 is 0 Å². The summed E-state index contributed by atoms with van der Waals surface area (Å²) in [7, 11) is -21.7. The fraction of sp³-hybridized carbons (Fsp3) is 1.00. The van der Waals surface area contributed by atoms with Gasteiger partial charge in [0.15, 0.2) is 18.6 Å². The molecule has 0 amide bonds. The largest absolute Gasteiger partial charge is 0.726 e. The van der Waals surface area contributed by atoms with Gasteiger partial charge in [-0.2, -0.15) is 0 Å². The first-order valence-corrected chi connectivity index (χ1v) is 17.2. The van der Waals surface area contributed by atoms with Crippen molar-refractivity contribution >= 4 is 53.9 Å². The fourth-order valence-corrected chi connectivity index (χ4v) is 6.51. The van der Waals surface area contributed by atoms with Gasteiger partial charge in [0, 0.05) is 11.8 Å². The molecule has 256 valence electrons. The lowest BCUT2D eigenvalue weighted by atomic mass is 9.87. The first-order chi connectivity index (χ1) is 19.5. The maximum absolute atomic E-state index is 11.5. The smallest absolute Gasteiger partial charge is 0.218 e. The predicted molar refractivity (Wildman–Crippen MR) is 121 cm³/mol. The highest BCUT2D eigenvalue weighted by molar-refractivity contribution is 7.89. The zero-order valence-electron chi connectivity index (χ0n) is 21.6. The molecule has 0 N–H and O–H groups in total. The van der Waals surface area contributed by atoms with Crippen LogP contribution in [0.3, 0.4) is 0 Å². The van der Waals surface area contributed by atoms with E-state index in [2.05, 4.69) is 26.1 Å². The number of hydrogen-bond donors (Lipinski definition) is 0. The van der Waals surface area contributed by atoms with Crippen molar-refractivity contribution in [3.8, 4) is 0 Å². The Bertz CT molecular complexity index is 1330. The van der Waals surface area contributed by atoms with Gasteiger partial charge < -0.3 is 37.7 Å². The summed E-state index contributed by atoms with van der Waals surface area (Å²) in [6.45, 7) is 1.26. The molecule has 2 aliphatic rings. The second-order valence-electron chi connectivity index (χ2n) is 8.83. The molecule has 10 atom stereocenters. The molecule has 0 radical (unpaired) electrons. The van der Waals surface area contributed by atoms with E-state index in [4.69, 9.17) is 18.4 Å². The van der Waals surface area contributed by atoms with Gasteiger partial charge in [-0.25, -0.2) is 33.7 Å². The zero-order valence-corrected chi connectivity index (χ0v) is 25.7. The summed E-state index contributed by atoms with van der Waals surface area (Å²) < 4.78 is 178. The van der Waals surface area contributed by atoms with Gasteiger partial charge in [0.1, 0.15) is 30.5 Å². The molecule has 43 heavy (non-hydrogen) atoms. The van der Waals surface area contributed by atoms with Gasteiger partial charge in [0.2, 0.25) is 41.6 Å². The molecule has 0 spiro atoms. The molecule has 0 aromatic rings. The SMILES string of the molecule is C[C@@H]1OC(COS(=O)(=O)[O-])[C@H](O[C@@H]2OC(COS(=O)(=O)[O-])[C@H](OSOO[O-])[C@H](C)C2OS(=O)(=O)[O-])[C@H](C)C1OS(=O)(=O)[O-]. The number of rotatable bonds is 16. The van der Waals surface area contributed by atoms with E-state index in [9.17, 15) is 57.1 Å². The molecule has 0 saturated carbocycles. The molecule has 2 rings (SSSR count). The molecule has 0 aliphatic carbocycles. The molecule has 2 fully saturated rings. The van der Waals surface area contributed by atoms with Gasteiger partial charge in [-0.05, 0) is 6.92 Å². The van der Waals surface area contributed by atoms with Crippen LogP contribution in [0.15, 0.2) is 0 Å². The minimum Gasteiger partial charge on any atom is -0.726 e. The van der Waals surface area contributed by atoms with Crippen molar-refractivity contribution in [3.63, 3.8) is 0 Å². The molecule has 0 bridgehead atoms. The molecule has 2 heterocycles. The van der Waals surface area contributed by atoms with Gasteiger partial charge >= 0.3 is 0 Å². The molecular formula is C15H23O23S5-5. The van der Waals surface area contributed by atoms with Crippen molar-refractivity contribution in [2.24, 2.45) is 11.8 Å². The normalized spacial score (nSPS) is 34.7. The Morgan fingerprint density at radius 3 is 1.58 bits per heavy atom. The molecule has 0 aromatic carbocycles. The van der Waals surface area contributed by atoms with Gasteiger partial charge in [0.25, 0.3) is 0 Å². The van der Waals surface area contributed by atoms with E-state index in [1.54, 1.807) is 0 Å². The zero-order chi connectivity index (χ0) is 33.0. The Labute approximate surface area is 250 Å². The summed E-state index contributed by atoms with van der Waals surface area (Å²) in [5, 5.41) is 13.2. The quantitative estimate of drug-likeness (QED) is 0.0364. The summed E-state index contributed by atoms with van der Waals surface area (Å²) in [5.41, 5.74) is 0. The molecular weight excluding hydrogens is 708 g/mol. The Hall–Kier alpha value is -0.450. The lowest BCUT2D eigenvalue weighted by molar-refractivity contribution is -0.777. The van der Waals surface area contributed by atoms with Gasteiger partial charge in [-0.1, -0.05) is 13.8 Å². The summed E-state index contributed by atoms with van der Waals surface area (Å²) in [5.74, 6) is -2.75. The van der Waals surface area contributed by atoms with Crippen molar-refractivity contribution in [3.05, 3.63) is 0 Å². The summed E-state index contributed by atoms with van der Waals surface area (Å²) in [6, 6.07) is 0. The van der Waals surface area contributed by atoms with E-state index in [0.29, 0.717) is 0 Å². The highest BCUT2D eigenvalue weighted by atomic mass is 32.3. The number of hydrogen-bond acceptors (Lipinski definition) is 24. The fourth-order valence-electron chi connectivity index (χ4n) is 4.32. The Morgan fingerprint density at radius 1 is 0.651 bits per heavy atom. The maximum atomic E-state index is 11.5. The van der Waals surface area contributed by atoms with Gasteiger partial charge in [-0.3, -0.25) is 26.0 Å². The van der Waals surface area contributed by atoms with E-state index in [1.165, 1.54) is 13.8 Å². The molecule has 2 saturated heterocycles. The van der Waals surface area contributed by atoms with Crippen LogP contribution in [0.25, 0.3) is 0 Å². The van der Waals surface area contributed by atoms with Crippen molar-refractivity contribution in [1.82, 2.24) is 0 Å². The monoisotopic (exact) mass is 731 g/mol. The van der Waals surface area contributed by atoms with E-state index in [-0.39, 0.29) is 12.3 Å². The van der Waals surface area contributed by atoms with Crippen LogP contribution in [0.2, 0.25) is 0 Å². The third kappa shape index (κ3) is 13.1. The highest BCUT2D eigenvalue weighted by Crippen LogP contribution is 2.38. The first-order valence-electron chi connectivity index (χ1n) is 11.2. The minimum atomic E-state index is -5.61. The van der Waals surface area contributed by atoms with Crippen molar-refractivity contribution in [2.75, 3.05) is 13.2 Å². The van der Waals surface area contributed by atoms with Gasteiger partial charge in [-0.15, -0.1) is 4.33 Å². The third-order valence-electron chi connectivity index (χ3n) is 5.94. The highest BCUT2D eigenvalue weighted by Gasteiger charge is 2.52. The molecule has 0 aromatic heterocycles. The van der Waals surface area contributed by atoms with Crippen LogP contribution in [-0.4, -0.2) is 114 Å². The topological polar surface area (TPSA) is 344 Å². The summed E-state index contributed by atoms with van der Waals surface area (Å²) >= 11 is -0.175. The van der Waals surface area contributed by atoms with E-state index in [0.717, 1.165) is 6.92 Å².